The van der Waals surface area contributed by atoms with Gasteiger partial charge in [-0.25, -0.2) is 4.79 Å². The van der Waals surface area contributed by atoms with E-state index in [0.29, 0.717) is 22.1 Å². The van der Waals surface area contributed by atoms with E-state index in [9.17, 15) is 4.79 Å². The maximum absolute atomic E-state index is 11.4. The highest BCUT2D eigenvalue weighted by atomic mass is 79.9. The van der Waals surface area contributed by atoms with Gasteiger partial charge in [0.15, 0.2) is 0 Å². The minimum atomic E-state index is -0.777. The third-order valence-corrected chi connectivity index (χ3v) is 4.63. The van der Waals surface area contributed by atoms with Crippen LogP contribution in [0.25, 0.3) is 0 Å². The molecule has 24 heavy (non-hydrogen) atoms. The largest absolute Gasteiger partial charge is 0.513 e. The molecule has 0 aromatic heterocycles. The number of aryl methyl sites for hydroxylation is 2. The summed E-state index contributed by atoms with van der Waals surface area (Å²) < 4.78 is 16.4. The van der Waals surface area contributed by atoms with Crippen LogP contribution < -0.4 is 9.47 Å². The number of hydrogen-bond acceptors (Lipinski definition) is 4. The molecule has 0 amide bonds. The summed E-state index contributed by atoms with van der Waals surface area (Å²) in [6, 6.07) is 9.13. The van der Waals surface area contributed by atoms with Gasteiger partial charge in [0.05, 0.1) is 7.11 Å². The van der Waals surface area contributed by atoms with E-state index in [-0.39, 0.29) is 6.61 Å². The highest BCUT2D eigenvalue weighted by Crippen LogP contribution is 2.31. The summed E-state index contributed by atoms with van der Waals surface area (Å²) in [6.07, 6.45) is 0.0854. The molecule has 0 saturated heterocycles. The molecule has 0 radical (unpaired) electrons. The molecule has 0 heterocycles. The summed E-state index contributed by atoms with van der Waals surface area (Å²) in [7, 11) is 1.26. The molecule has 128 valence electrons. The summed E-state index contributed by atoms with van der Waals surface area (Å²) in [5.41, 5.74) is 2.79. The highest BCUT2D eigenvalue weighted by Gasteiger charge is 2.14. The van der Waals surface area contributed by atoms with E-state index in [1.807, 2.05) is 25.1 Å². The minimum absolute atomic E-state index is 0.219. The molecule has 0 spiro atoms. The van der Waals surface area contributed by atoms with E-state index < -0.39 is 6.16 Å². The Bertz CT molecular complexity index is 746. The summed E-state index contributed by atoms with van der Waals surface area (Å²) in [5, 5.41) is 0.677. The van der Waals surface area contributed by atoms with Gasteiger partial charge in [-0.15, -0.1) is 0 Å². The third kappa shape index (κ3) is 4.42. The first-order chi connectivity index (χ1) is 11.5. The fourth-order valence-corrected chi connectivity index (χ4v) is 2.96. The van der Waals surface area contributed by atoms with Crippen molar-refractivity contribution in [2.24, 2.45) is 0 Å². The maximum Gasteiger partial charge on any atom is 0.513 e. The zero-order valence-corrected chi connectivity index (χ0v) is 16.0. The topological polar surface area (TPSA) is 44.8 Å². The van der Waals surface area contributed by atoms with Crippen molar-refractivity contribution < 1.29 is 19.0 Å². The van der Waals surface area contributed by atoms with Crippen LogP contribution in [-0.4, -0.2) is 13.3 Å². The Morgan fingerprint density at radius 1 is 1.25 bits per heavy atom. The average Bonchev–Trinajstić information content (AvgIpc) is 2.56. The Kier molecular flexibility index (Phi) is 6.52. The molecule has 0 bridgehead atoms. The first-order valence-electron chi connectivity index (χ1n) is 7.41. The molecule has 0 fully saturated rings. The molecule has 2 aromatic rings. The van der Waals surface area contributed by atoms with Crippen LogP contribution in [0.3, 0.4) is 0 Å². The van der Waals surface area contributed by atoms with Gasteiger partial charge in [-0.05, 0) is 42.7 Å². The lowest BCUT2D eigenvalue weighted by Gasteiger charge is -2.15. The zero-order valence-electron chi connectivity index (χ0n) is 13.7. The van der Waals surface area contributed by atoms with E-state index >= 15 is 0 Å². The van der Waals surface area contributed by atoms with E-state index in [2.05, 4.69) is 27.6 Å². The van der Waals surface area contributed by atoms with Crippen LogP contribution in [0.15, 0.2) is 34.8 Å². The van der Waals surface area contributed by atoms with Gasteiger partial charge in [0.1, 0.15) is 18.1 Å². The van der Waals surface area contributed by atoms with E-state index in [0.717, 1.165) is 22.0 Å². The summed E-state index contributed by atoms with van der Waals surface area (Å²) in [5.74, 6) is 1.07. The average molecular weight is 414 g/mol. The normalized spacial score (nSPS) is 10.4. The van der Waals surface area contributed by atoms with Crippen LogP contribution in [0.2, 0.25) is 5.02 Å². The standard InChI is InChI=1S/C18H18BrClO4/c1-4-12-8-11(2)17(9-15(12)20)23-10-13-14(19)6-5-7-16(13)24-18(21)22-3/h5-9H,4,10H2,1-3H3. The Hall–Kier alpha value is -1.72. The number of ether oxygens (including phenoxy) is 3. The SMILES string of the molecule is CCc1cc(C)c(OCc2c(Br)cccc2OC(=O)OC)cc1Cl. The molecule has 0 atom stereocenters. The van der Waals surface area contributed by atoms with Gasteiger partial charge in [0.25, 0.3) is 0 Å². The van der Waals surface area contributed by atoms with E-state index in [4.69, 9.17) is 21.1 Å². The van der Waals surface area contributed by atoms with Crippen molar-refractivity contribution in [3.05, 3.63) is 56.5 Å². The van der Waals surface area contributed by atoms with Gasteiger partial charge in [-0.2, -0.15) is 0 Å². The van der Waals surface area contributed by atoms with Crippen molar-refractivity contribution in [3.63, 3.8) is 0 Å². The second-order valence-electron chi connectivity index (χ2n) is 5.12. The van der Waals surface area contributed by atoms with Gasteiger partial charge < -0.3 is 14.2 Å². The molecule has 0 aliphatic carbocycles. The van der Waals surface area contributed by atoms with Crippen LogP contribution in [0.1, 0.15) is 23.6 Å². The van der Waals surface area contributed by atoms with Gasteiger partial charge in [-0.3, -0.25) is 0 Å². The highest BCUT2D eigenvalue weighted by molar-refractivity contribution is 9.10. The van der Waals surface area contributed by atoms with Crippen LogP contribution in [0.4, 0.5) is 4.79 Å². The molecular formula is C18H18BrClO4. The van der Waals surface area contributed by atoms with Crippen LogP contribution in [0, 0.1) is 6.92 Å². The van der Waals surface area contributed by atoms with E-state index in [1.165, 1.54) is 7.11 Å². The number of benzene rings is 2. The third-order valence-electron chi connectivity index (χ3n) is 3.53. The van der Waals surface area contributed by atoms with Gasteiger partial charge in [0.2, 0.25) is 0 Å². The molecule has 6 heteroatoms. The molecule has 0 aliphatic rings. The van der Waals surface area contributed by atoms with Gasteiger partial charge in [-0.1, -0.05) is 46.6 Å². The molecule has 2 aromatic carbocycles. The van der Waals surface area contributed by atoms with E-state index in [1.54, 1.807) is 12.1 Å². The number of halogens is 2. The number of carbonyl (C=O) groups is 1. The second kappa shape index (κ2) is 8.40. The summed E-state index contributed by atoms with van der Waals surface area (Å²) in [6.45, 7) is 4.24. The number of carbonyl (C=O) groups excluding carboxylic acids is 1. The van der Waals surface area contributed by atoms with Crippen molar-refractivity contribution >= 4 is 33.7 Å². The predicted molar refractivity (Wildman–Crippen MR) is 97.1 cm³/mol. The molecule has 0 saturated carbocycles. The molecule has 0 N–H and O–H groups in total. The molecule has 0 aliphatic heterocycles. The number of rotatable bonds is 5. The monoisotopic (exact) mass is 412 g/mol. The van der Waals surface area contributed by atoms with Crippen molar-refractivity contribution in [2.45, 2.75) is 26.9 Å². The molecule has 4 nitrogen and oxygen atoms in total. The molecule has 0 unspecified atom stereocenters. The molecule has 2 rings (SSSR count). The fourth-order valence-electron chi connectivity index (χ4n) is 2.21. The van der Waals surface area contributed by atoms with Crippen molar-refractivity contribution in [2.75, 3.05) is 7.11 Å². The van der Waals surface area contributed by atoms with Gasteiger partial charge >= 0.3 is 6.16 Å². The quantitative estimate of drug-likeness (QED) is 0.466. The zero-order chi connectivity index (χ0) is 17.7. The van der Waals surface area contributed by atoms with Crippen LogP contribution >= 0.6 is 27.5 Å². The summed E-state index contributed by atoms with van der Waals surface area (Å²) in [4.78, 5) is 11.4. The first kappa shape index (κ1) is 18.6. The van der Waals surface area contributed by atoms with Crippen molar-refractivity contribution in [1.29, 1.82) is 0 Å². The number of hydrogen-bond donors (Lipinski definition) is 0. The van der Waals surface area contributed by atoms with Crippen LogP contribution in [0.5, 0.6) is 11.5 Å². The Morgan fingerprint density at radius 2 is 2.00 bits per heavy atom. The maximum atomic E-state index is 11.4. The second-order valence-corrected chi connectivity index (χ2v) is 6.39. The number of methoxy groups -OCH3 is 1. The Morgan fingerprint density at radius 3 is 2.67 bits per heavy atom. The van der Waals surface area contributed by atoms with Crippen molar-refractivity contribution in [3.8, 4) is 11.5 Å². The Labute approximate surface area is 154 Å². The first-order valence-corrected chi connectivity index (χ1v) is 8.58. The van der Waals surface area contributed by atoms with Crippen LogP contribution in [-0.2, 0) is 17.8 Å². The lowest BCUT2D eigenvalue weighted by molar-refractivity contribution is 0.120. The fraction of sp³-hybridized carbons (Fsp3) is 0.278. The lowest BCUT2D eigenvalue weighted by atomic mass is 10.1. The smallest absolute Gasteiger partial charge is 0.488 e. The predicted octanol–water partition coefficient (Wildman–Crippen LogP) is 5.70. The van der Waals surface area contributed by atoms with Gasteiger partial charge in [0, 0.05) is 15.1 Å². The lowest BCUT2D eigenvalue weighted by Crippen LogP contribution is -2.10. The summed E-state index contributed by atoms with van der Waals surface area (Å²) >= 11 is 9.71. The minimum Gasteiger partial charge on any atom is -0.488 e. The van der Waals surface area contributed by atoms with Crippen molar-refractivity contribution in [1.82, 2.24) is 0 Å². The molecular weight excluding hydrogens is 396 g/mol. The Balaban J connectivity index is 2.23.